The second kappa shape index (κ2) is 5.75. The van der Waals surface area contributed by atoms with Crippen molar-refractivity contribution >= 4 is 10.0 Å². The minimum atomic E-state index is -3.84. The fourth-order valence-corrected chi connectivity index (χ4v) is 3.62. The Kier molecular flexibility index (Phi) is 3.94. The number of nitrogens with zero attached hydrogens (tertiary/aromatic N) is 2. The van der Waals surface area contributed by atoms with Crippen LogP contribution in [0.4, 0.5) is 4.39 Å². The molecular weight excluding hydrogens is 311 g/mol. The molecule has 3 rings (SSSR count). The molecule has 0 unspecified atom stereocenters. The number of ether oxygens (including phenoxy) is 1. The zero-order chi connectivity index (χ0) is 15.7. The predicted molar refractivity (Wildman–Crippen MR) is 74.9 cm³/mol. The van der Waals surface area contributed by atoms with E-state index in [0.29, 0.717) is 24.4 Å². The maximum atomic E-state index is 13.6. The first kappa shape index (κ1) is 15.1. The van der Waals surface area contributed by atoms with E-state index in [4.69, 9.17) is 4.74 Å². The maximum Gasteiger partial charge on any atom is 0.241 e. The molecular formula is C13H15FN4O3S. The number of halogens is 1. The van der Waals surface area contributed by atoms with Gasteiger partial charge in [0.1, 0.15) is 18.2 Å². The summed E-state index contributed by atoms with van der Waals surface area (Å²) < 4.78 is 46.4. The van der Waals surface area contributed by atoms with Gasteiger partial charge in [0.15, 0.2) is 5.82 Å². The first-order valence-electron chi connectivity index (χ1n) is 6.73. The van der Waals surface area contributed by atoms with Gasteiger partial charge >= 0.3 is 0 Å². The van der Waals surface area contributed by atoms with Crippen molar-refractivity contribution in [3.05, 3.63) is 41.7 Å². The molecule has 1 aliphatic heterocycles. The van der Waals surface area contributed by atoms with Gasteiger partial charge in [-0.25, -0.2) is 22.5 Å². The van der Waals surface area contributed by atoms with Gasteiger partial charge in [0.2, 0.25) is 10.0 Å². The van der Waals surface area contributed by atoms with Crippen molar-refractivity contribution in [3.8, 4) is 0 Å². The van der Waals surface area contributed by atoms with Crippen LogP contribution in [0.3, 0.4) is 0 Å². The van der Waals surface area contributed by atoms with Crippen LogP contribution in [0.15, 0.2) is 29.4 Å². The normalized spacial score (nSPS) is 22.1. The van der Waals surface area contributed by atoms with Crippen LogP contribution in [-0.2, 0) is 14.8 Å². The number of hydrogen-bond donors (Lipinski definition) is 2. The van der Waals surface area contributed by atoms with Crippen molar-refractivity contribution in [3.63, 3.8) is 0 Å². The van der Waals surface area contributed by atoms with E-state index in [9.17, 15) is 12.8 Å². The molecule has 0 radical (unpaired) electrons. The Hall–Kier alpha value is -1.84. The van der Waals surface area contributed by atoms with Crippen molar-refractivity contribution in [2.45, 2.75) is 30.4 Å². The summed E-state index contributed by atoms with van der Waals surface area (Å²) in [5.74, 6) is -0.0994. The van der Waals surface area contributed by atoms with Crippen LogP contribution in [0.1, 0.15) is 23.9 Å². The predicted octanol–water partition coefficient (Wildman–Crippen LogP) is 1.06. The van der Waals surface area contributed by atoms with Crippen LogP contribution in [0.25, 0.3) is 0 Å². The molecule has 1 aromatic heterocycles. The minimum absolute atomic E-state index is 0.112. The molecule has 2 N–H and O–H groups in total. The lowest BCUT2D eigenvalue weighted by Gasteiger charge is -2.18. The zero-order valence-electron chi connectivity index (χ0n) is 11.8. The molecule has 1 saturated heterocycles. The van der Waals surface area contributed by atoms with E-state index >= 15 is 0 Å². The Morgan fingerprint density at radius 1 is 1.45 bits per heavy atom. The van der Waals surface area contributed by atoms with E-state index in [2.05, 4.69) is 19.9 Å². The molecule has 2 heterocycles. The van der Waals surface area contributed by atoms with Crippen molar-refractivity contribution in [2.24, 2.45) is 0 Å². The summed E-state index contributed by atoms with van der Waals surface area (Å²) in [7, 11) is -3.84. The number of aromatic amines is 1. The SMILES string of the molecule is Cc1ccc(S(=O)(=O)N[C@H]2CCO[C@H]2c2ncn[nH]2)cc1F. The van der Waals surface area contributed by atoms with Crippen LogP contribution in [-0.4, -0.2) is 36.2 Å². The largest absolute Gasteiger partial charge is 0.368 e. The quantitative estimate of drug-likeness (QED) is 0.876. The number of nitrogens with one attached hydrogen (secondary N) is 2. The molecule has 0 saturated carbocycles. The highest BCUT2D eigenvalue weighted by molar-refractivity contribution is 7.89. The molecule has 7 nitrogen and oxygen atoms in total. The van der Waals surface area contributed by atoms with Gasteiger partial charge in [0.05, 0.1) is 10.9 Å². The summed E-state index contributed by atoms with van der Waals surface area (Å²) in [5.41, 5.74) is 0.391. The van der Waals surface area contributed by atoms with Crippen LogP contribution in [0, 0.1) is 12.7 Å². The zero-order valence-corrected chi connectivity index (χ0v) is 12.6. The number of sulfonamides is 1. The average Bonchev–Trinajstić information content (AvgIpc) is 3.11. The second-order valence-corrected chi connectivity index (χ2v) is 6.80. The number of hydrogen-bond acceptors (Lipinski definition) is 5. The van der Waals surface area contributed by atoms with Gasteiger partial charge in [0, 0.05) is 6.61 Å². The van der Waals surface area contributed by atoms with Gasteiger partial charge in [-0.2, -0.15) is 5.10 Å². The van der Waals surface area contributed by atoms with Gasteiger partial charge in [-0.3, -0.25) is 5.10 Å². The maximum absolute atomic E-state index is 13.6. The smallest absolute Gasteiger partial charge is 0.241 e. The first-order valence-corrected chi connectivity index (χ1v) is 8.21. The standard InChI is InChI=1S/C13H15FN4O3S/c1-8-2-3-9(6-10(8)14)22(19,20)18-11-4-5-21-12(11)13-15-7-16-17-13/h2-3,6-7,11-12,18H,4-5H2,1H3,(H,15,16,17)/t11-,12+/m0/s1. The fourth-order valence-electron chi connectivity index (χ4n) is 2.34. The van der Waals surface area contributed by atoms with Crippen LogP contribution in [0.2, 0.25) is 0 Å². The molecule has 22 heavy (non-hydrogen) atoms. The molecule has 0 bridgehead atoms. The molecule has 1 fully saturated rings. The Balaban J connectivity index is 1.83. The molecule has 118 valence electrons. The van der Waals surface area contributed by atoms with Gasteiger partial charge in [-0.15, -0.1) is 0 Å². The summed E-state index contributed by atoms with van der Waals surface area (Å²) in [6.07, 6.45) is 1.30. The van der Waals surface area contributed by atoms with E-state index in [-0.39, 0.29) is 4.90 Å². The number of aryl methyl sites for hydroxylation is 1. The summed E-state index contributed by atoms with van der Waals surface area (Å²) >= 11 is 0. The third-order valence-electron chi connectivity index (χ3n) is 3.55. The Morgan fingerprint density at radius 3 is 2.95 bits per heavy atom. The van der Waals surface area contributed by atoms with Crippen molar-refractivity contribution in [2.75, 3.05) is 6.61 Å². The topological polar surface area (TPSA) is 97.0 Å². The van der Waals surface area contributed by atoms with E-state index in [1.807, 2.05) is 0 Å². The van der Waals surface area contributed by atoms with Crippen LogP contribution in [0.5, 0.6) is 0 Å². The average molecular weight is 326 g/mol. The molecule has 0 aliphatic carbocycles. The highest BCUT2D eigenvalue weighted by Gasteiger charge is 2.35. The molecule has 2 atom stereocenters. The minimum Gasteiger partial charge on any atom is -0.368 e. The number of aromatic nitrogens is 3. The third-order valence-corrected chi connectivity index (χ3v) is 5.04. The molecule has 9 heteroatoms. The Labute approximate surface area is 127 Å². The molecule has 0 spiro atoms. The van der Waals surface area contributed by atoms with Crippen molar-refractivity contribution in [1.82, 2.24) is 19.9 Å². The highest BCUT2D eigenvalue weighted by Crippen LogP contribution is 2.28. The lowest BCUT2D eigenvalue weighted by Crippen LogP contribution is -2.37. The molecule has 1 aromatic carbocycles. The number of rotatable bonds is 4. The second-order valence-electron chi connectivity index (χ2n) is 5.09. The monoisotopic (exact) mass is 326 g/mol. The van der Waals surface area contributed by atoms with Gasteiger partial charge in [-0.05, 0) is 31.0 Å². The van der Waals surface area contributed by atoms with E-state index in [0.717, 1.165) is 6.07 Å². The van der Waals surface area contributed by atoms with E-state index in [1.165, 1.54) is 18.5 Å². The highest BCUT2D eigenvalue weighted by atomic mass is 32.2. The fraction of sp³-hybridized carbons (Fsp3) is 0.385. The van der Waals surface area contributed by atoms with Crippen LogP contribution < -0.4 is 4.72 Å². The van der Waals surface area contributed by atoms with E-state index < -0.39 is 28.0 Å². The molecule has 0 amide bonds. The number of H-pyrrole nitrogens is 1. The van der Waals surface area contributed by atoms with Crippen LogP contribution >= 0.6 is 0 Å². The van der Waals surface area contributed by atoms with Gasteiger partial charge in [0.25, 0.3) is 0 Å². The van der Waals surface area contributed by atoms with Crippen molar-refractivity contribution in [1.29, 1.82) is 0 Å². The Morgan fingerprint density at radius 2 is 2.27 bits per heavy atom. The van der Waals surface area contributed by atoms with Gasteiger partial charge in [-0.1, -0.05) is 6.07 Å². The first-order chi connectivity index (χ1) is 10.5. The number of benzene rings is 1. The lowest BCUT2D eigenvalue weighted by molar-refractivity contribution is 0.0957. The van der Waals surface area contributed by atoms with E-state index in [1.54, 1.807) is 6.92 Å². The summed E-state index contributed by atoms with van der Waals surface area (Å²) in [6.45, 7) is 1.98. The summed E-state index contributed by atoms with van der Waals surface area (Å²) in [5, 5.41) is 6.40. The summed E-state index contributed by atoms with van der Waals surface area (Å²) in [4.78, 5) is 3.88. The third kappa shape index (κ3) is 2.87. The molecule has 2 aromatic rings. The lowest BCUT2D eigenvalue weighted by atomic mass is 10.1. The van der Waals surface area contributed by atoms with Crippen molar-refractivity contribution < 1.29 is 17.5 Å². The Bertz CT molecular complexity index is 764. The molecule has 1 aliphatic rings. The van der Waals surface area contributed by atoms with Gasteiger partial charge < -0.3 is 4.74 Å². The summed E-state index contributed by atoms with van der Waals surface area (Å²) in [6, 6.07) is 3.34.